The summed E-state index contributed by atoms with van der Waals surface area (Å²) in [5.41, 5.74) is 1.02. The van der Waals surface area contributed by atoms with Gasteiger partial charge in [-0.15, -0.1) is 23.1 Å². The lowest BCUT2D eigenvalue weighted by atomic mass is 10.3. The summed E-state index contributed by atoms with van der Waals surface area (Å²) >= 11 is 2.74. The largest absolute Gasteiger partial charge is 0.481 e. The quantitative estimate of drug-likeness (QED) is 0.789. The smallest absolute Gasteiger partial charge is 0.313 e. The maximum atomic E-state index is 11.4. The van der Waals surface area contributed by atoms with Crippen molar-refractivity contribution in [3.63, 3.8) is 0 Å². The van der Waals surface area contributed by atoms with Gasteiger partial charge in [-0.2, -0.15) is 0 Å². The van der Waals surface area contributed by atoms with Crippen LogP contribution in [0.4, 0.5) is 0 Å². The molecular weight excluding hydrogens is 272 g/mol. The van der Waals surface area contributed by atoms with Gasteiger partial charge in [-0.3, -0.25) is 9.59 Å². The molecule has 0 saturated carbocycles. The standard InChI is InChI=1S/C11H16N2O3S2/c1-7-9(18-8(2)13-7)3-4-12-10(14)5-17-6-11(15)16/h3-6H2,1-2H3,(H,12,14)(H,15,16). The van der Waals surface area contributed by atoms with Gasteiger partial charge in [0.05, 0.1) is 22.2 Å². The number of aliphatic carboxylic acids is 1. The Kier molecular flexibility index (Phi) is 6.14. The summed E-state index contributed by atoms with van der Waals surface area (Å²) in [6, 6.07) is 0. The highest BCUT2D eigenvalue weighted by Gasteiger charge is 2.06. The zero-order chi connectivity index (χ0) is 13.5. The first-order chi connectivity index (χ1) is 8.49. The molecule has 0 aliphatic rings. The predicted octanol–water partition coefficient (Wildman–Crippen LogP) is 1.24. The number of nitrogens with zero attached hydrogens (tertiary/aromatic N) is 1. The Bertz CT molecular complexity index is 432. The summed E-state index contributed by atoms with van der Waals surface area (Å²) in [5, 5.41) is 12.2. The molecular formula is C11H16N2O3S2. The fraction of sp³-hybridized carbons (Fsp3) is 0.545. The molecule has 0 atom stereocenters. The van der Waals surface area contributed by atoms with Crippen LogP contribution >= 0.6 is 23.1 Å². The number of amides is 1. The molecule has 0 radical (unpaired) electrons. The summed E-state index contributed by atoms with van der Waals surface area (Å²) in [7, 11) is 0. The number of carbonyl (C=O) groups is 2. The Morgan fingerprint density at radius 1 is 1.39 bits per heavy atom. The van der Waals surface area contributed by atoms with Crippen LogP contribution in [0.15, 0.2) is 0 Å². The van der Waals surface area contributed by atoms with Gasteiger partial charge in [0.15, 0.2) is 0 Å². The second-order valence-corrected chi connectivity index (χ2v) is 6.00. The van der Waals surface area contributed by atoms with E-state index in [0.29, 0.717) is 6.54 Å². The van der Waals surface area contributed by atoms with Crippen molar-refractivity contribution in [2.24, 2.45) is 0 Å². The van der Waals surface area contributed by atoms with Gasteiger partial charge in [-0.1, -0.05) is 0 Å². The fourth-order valence-corrected chi connectivity index (χ4v) is 2.90. The molecule has 0 aromatic carbocycles. The molecule has 1 rings (SSSR count). The third kappa shape index (κ3) is 5.50. The first-order valence-electron chi connectivity index (χ1n) is 5.48. The zero-order valence-electron chi connectivity index (χ0n) is 10.4. The number of nitrogens with one attached hydrogen (secondary N) is 1. The third-order valence-corrected chi connectivity index (χ3v) is 4.18. The van der Waals surface area contributed by atoms with Crippen LogP contribution < -0.4 is 5.32 Å². The summed E-state index contributed by atoms with van der Waals surface area (Å²) in [5.74, 6) is -0.878. The van der Waals surface area contributed by atoms with Crippen molar-refractivity contribution < 1.29 is 14.7 Å². The van der Waals surface area contributed by atoms with E-state index in [9.17, 15) is 9.59 Å². The topological polar surface area (TPSA) is 79.3 Å². The van der Waals surface area contributed by atoms with Gasteiger partial charge in [0.2, 0.25) is 5.91 Å². The lowest BCUT2D eigenvalue weighted by Gasteiger charge is -2.03. The van der Waals surface area contributed by atoms with Gasteiger partial charge in [-0.05, 0) is 13.8 Å². The molecule has 0 aliphatic carbocycles. The minimum absolute atomic E-state index is 0.0411. The van der Waals surface area contributed by atoms with Crippen molar-refractivity contribution >= 4 is 35.0 Å². The number of carboxylic acid groups (broad SMARTS) is 1. The third-order valence-electron chi connectivity index (χ3n) is 2.13. The first kappa shape index (κ1) is 15.0. The van der Waals surface area contributed by atoms with Crippen LogP contribution in [0.3, 0.4) is 0 Å². The minimum atomic E-state index is -0.899. The highest BCUT2D eigenvalue weighted by atomic mass is 32.2. The van der Waals surface area contributed by atoms with Gasteiger partial charge in [0.1, 0.15) is 0 Å². The van der Waals surface area contributed by atoms with Gasteiger partial charge < -0.3 is 10.4 Å². The molecule has 0 spiro atoms. The number of hydrogen-bond acceptors (Lipinski definition) is 5. The van der Waals surface area contributed by atoms with E-state index in [1.54, 1.807) is 11.3 Å². The Hall–Kier alpha value is -1.08. The molecule has 0 fully saturated rings. The molecule has 0 unspecified atom stereocenters. The van der Waals surface area contributed by atoms with Gasteiger partial charge >= 0.3 is 5.97 Å². The Morgan fingerprint density at radius 3 is 2.67 bits per heavy atom. The van der Waals surface area contributed by atoms with E-state index in [4.69, 9.17) is 5.11 Å². The molecule has 0 bridgehead atoms. The zero-order valence-corrected chi connectivity index (χ0v) is 12.0. The fourth-order valence-electron chi connectivity index (χ4n) is 1.40. The van der Waals surface area contributed by atoms with Gasteiger partial charge in [0.25, 0.3) is 0 Å². The number of thiazole rings is 1. The predicted molar refractivity (Wildman–Crippen MR) is 73.3 cm³/mol. The molecule has 18 heavy (non-hydrogen) atoms. The van der Waals surface area contributed by atoms with Crippen LogP contribution in [0.25, 0.3) is 0 Å². The van der Waals surface area contributed by atoms with Crippen LogP contribution in [0, 0.1) is 13.8 Å². The van der Waals surface area contributed by atoms with E-state index in [1.165, 1.54) is 4.88 Å². The monoisotopic (exact) mass is 288 g/mol. The maximum absolute atomic E-state index is 11.4. The molecule has 1 amide bonds. The summed E-state index contributed by atoms with van der Waals surface area (Å²) in [4.78, 5) is 27.1. The number of thioether (sulfide) groups is 1. The van der Waals surface area contributed by atoms with Crippen LogP contribution in [-0.2, 0) is 16.0 Å². The van der Waals surface area contributed by atoms with Crippen molar-refractivity contribution in [3.05, 3.63) is 15.6 Å². The van der Waals surface area contributed by atoms with E-state index in [1.807, 2.05) is 13.8 Å². The SMILES string of the molecule is Cc1nc(C)c(CCNC(=O)CSCC(=O)O)s1. The van der Waals surface area contributed by atoms with Crippen LogP contribution in [0.1, 0.15) is 15.6 Å². The second kappa shape index (κ2) is 7.38. The average molecular weight is 288 g/mol. The van der Waals surface area contributed by atoms with Gasteiger partial charge in [-0.25, -0.2) is 4.98 Å². The molecule has 1 aromatic heterocycles. The van der Waals surface area contributed by atoms with Crippen molar-refractivity contribution in [3.8, 4) is 0 Å². The Balaban J connectivity index is 2.19. The van der Waals surface area contributed by atoms with Crippen LogP contribution in [-0.4, -0.2) is 40.0 Å². The maximum Gasteiger partial charge on any atom is 0.313 e. The average Bonchev–Trinajstić information content (AvgIpc) is 2.57. The minimum Gasteiger partial charge on any atom is -0.481 e. The van der Waals surface area contributed by atoms with E-state index in [-0.39, 0.29) is 17.4 Å². The second-order valence-electron chi connectivity index (χ2n) is 3.73. The molecule has 1 heterocycles. The number of aromatic nitrogens is 1. The van der Waals surface area contributed by atoms with Crippen LogP contribution in [0.5, 0.6) is 0 Å². The summed E-state index contributed by atoms with van der Waals surface area (Å²) in [6.45, 7) is 4.49. The van der Waals surface area contributed by atoms with E-state index >= 15 is 0 Å². The van der Waals surface area contributed by atoms with E-state index < -0.39 is 5.97 Å². The van der Waals surface area contributed by atoms with Crippen molar-refractivity contribution in [2.45, 2.75) is 20.3 Å². The number of carbonyl (C=O) groups excluding carboxylic acids is 1. The number of aryl methyl sites for hydroxylation is 2. The van der Waals surface area contributed by atoms with E-state index in [0.717, 1.165) is 28.9 Å². The molecule has 5 nitrogen and oxygen atoms in total. The van der Waals surface area contributed by atoms with Crippen molar-refractivity contribution in [2.75, 3.05) is 18.1 Å². The lowest BCUT2D eigenvalue weighted by Crippen LogP contribution is -2.27. The van der Waals surface area contributed by atoms with Crippen molar-refractivity contribution in [1.82, 2.24) is 10.3 Å². The number of rotatable bonds is 7. The molecule has 0 aliphatic heterocycles. The number of hydrogen-bond donors (Lipinski definition) is 2. The van der Waals surface area contributed by atoms with Gasteiger partial charge in [0, 0.05) is 17.8 Å². The number of carboxylic acids is 1. The molecule has 1 aromatic rings. The molecule has 2 N–H and O–H groups in total. The summed E-state index contributed by atoms with van der Waals surface area (Å²) in [6.07, 6.45) is 0.771. The van der Waals surface area contributed by atoms with E-state index in [2.05, 4.69) is 10.3 Å². The molecule has 0 saturated heterocycles. The Morgan fingerprint density at radius 2 is 2.11 bits per heavy atom. The highest BCUT2D eigenvalue weighted by molar-refractivity contribution is 8.00. The van der Waals surface area contributed by atoms with Crippen molar-refractivity contribution in [1.29, 1.82) is 0 Å². The lowest BCUT2D eigenvalue weighted by molar-refractivity contribution is -0.133. The molecule has 100 valence electrons. The normalized spacial score (nSPS) is 10.3. The first-order valence-corrected chi connectivity index (χ1v) is 7.45. The summed E-state index contributed by atoms with van der Waals surface area (Å²) < 4.78 is 0. The highest BCUT2D eigenvalue weighted by Crippen LogP contribution is 2.16. The Labute approximate surface area is 114 Å². The molecule has 7 heteroatoms. The van der Waals surface area contributed by atoms with Crippen LogP contribution in [0.2, 0.25) is 0 Å².